The van der Waals surface area contributed by atoms with Gasteiger partial charge < -0.3 is 10.6 Å². The number of hydrogen-bond acceptors (Lipinski definition) is 3. The van der Waals surface area contributed by atoms with Crippen LogP contribution in [0.4, 0.5) is 0 Å². The molecule has 0 heterocycles. The molecule has 4 heteroatoms. The fourth-order valence-corrected chi connectivity index (χ4v) is 1.25. The molecule has 0 unspecified atom stereocenters. The van der Waals surface area contributed by atoms with E-state index in [1.807, 2.05) is 0 Å². The first-order valence-electron chi connectivity index (χ1n) is 5.47. The molecular weight excluding hydrogens is 202 g/mol. The maximum atomic E-state index is 11.2. The van der Waals surface area contributed by atoms with E-state index in [-0.39, 0.29) is 11.3 Å². The van der Waals surface area contributed by atoms with E-state index in [0.717, 1.165) is 13.0 Å². The van der Waals surface area contributed by atoms with Crippen LogP contribution in [0, 0.1) is 16.7 Å². The van der Waals surface area contributed by atoms with Crippen molar-refractivity contribution in [1.82, 2.24) is 10.6 Å². The monoisotopic (exact) mass is 223 g/mol. The largest absolute Gasteiger partial charge is 0.352 e. The van der Waals surface area contributed by atoms with Gasteiger partial charge >= 0.3 is 0 Å². The molecule has 0 aromatic heterocycles. The van der Waals surface area contributed by atoms with Crippen molar-refractivity contribution < 1.29 is 4.79 Å². The van der Waals surface area contributed by atoms with Gasteiger partial charge in [-0.2, -0.15) is 5.26 Å². The molecule has 16 heavy (non-hydrogen) atoms. The zero-order chi connectivity index (χ0) is 12.4. The Balaban J connectivity index is 3.67. The maximum Gasteiger partial charge on any atom is 0.234 e. The number of nitriles is 1. The summed E-state index contributed by atoms with van der Waals surface area (Å²) in [5, 5.41) is 14.3. The van der Waals surface area contributed by atoms with E-state index < -0.39 is 0 Å². The third-order valence-electron chi connectivity index (χ3n) is 2.25. The summed E-state index contributed by atoms with van der Waals surface area (Å²) in [6.45, 7) is 9.22. The van der Waals surface area contributed by atoms with Crippen molar-refractivity contribution in [2.75, 3.05) is 19.6 Å². The van der Waals surface area contributed by atoms with Crippen LogP contribution in [0.1, 0.15) is 26.7 Å². The van der Waals surface area contributed by atoms with Crippen LogP contribution in [-0.4, -0.2) is 25.5 Å². The fourth-order valence-electron chi connectivity index (χ4n) is 1.25. The standard InChI is InChI=1S/C12H21N3O/c1-4-8-15-11(16)9-14-10-12(2,3)6-5-7-13/h4,14H,1,5-6,8-10H2,2-3H3,(H,15,16). The maximum absolute atomic E-state index is 11.2. The summed E-state index contributed by atoms with van der Waals surface area (Å²) in [4.78, 5) is 11.2. The Morgan fingerprint density at radius 3 is 2.81 bits per heavy atom. The summed E-state index contributed by atoms with van der Waals surface area (Å²) in [5.41, 5.74) is 0.0500. The number of carbonyl (C=O) groups excluding carboxylic acids is 1. The van der Waals surface area contributed by atoms with Gasteiger partial charge in [0.1, 0.15) is 0 Å². The van der Waals surface area contributed by atoms with Gasteiger partial charge in [0.05, 0.1) is 12.6 Å². The molecule has 0 bridgehead atoms. The Morgan fingerprint density at radius 2 is 2.25 bits per heavy atom. The van der Waals surface area contributed by atoms with Crippen LogP contribution in [-0.2, 0) is 4.79 Å². The molecule has 2 N–H and O–H groups in total. The average molecular weight is 223 g/mol. The van der Waals surface area contributed by atoms with Crippen molar-refractivity contribution in [1.29, 1.82) is 5.26 Å². The van der Waals surface area contributed by atoms with Gasteiger partial charge in [0.15, 0.2) is 0 Å². The molecule has 4 nitrogen and oxygen atoms in total. The van der Waals surface area contributed by atoms with Crippen molar-refractivity contribution in [3.8, 4) is 6.07 Å². The highest BCUT2D eigenvalue weighted by Crippen LogP contribution is 2.20. The lowest BCUT2D eigenvalue weighted by atomic mass is 9.88. The minimum Gasteiger partial charge on any atom is -0.352 e. The normalized spacial score (nSPS) is 10.6. The first-order valence-corrected chi connectivity index (χ1v) is 5.47. The van der Waals surface area contributed by atoms with E-state index in [1.54, 1.807) is 6.08 Å². The zero-order valence-electron chi connectivity index (χ0n) is 10.2. The lowest BCUT2D eigenvalue weighted by Gasteiger charge is -2.23. The fraction of sp³-hybridized carbons (Fsp3) is 0.667. The van der Waals surface area contributed by atoms with Gasteiger partial charge in [-0.1, -0.05) is 19.9 Å². The lowest BCUT2D eigenvalue weighted by molar-refractivity contribution is -0.120. The molecule has 0 spiro atoms. The molecule has 0 aliphatic rings. The van der Waals surface area contributed by atoms with E-state index in [9.17, 15) is 4.79 Å². The second kappa shape index (κ2) is 7.89. The molecule has 0 rings (SSSR count). The third kappa shape index (κ3) is 8.01. The zero-order valence-corrected chi connectivity index (χ0v) is 10.2. The van der Waals surface area contributed by atoms with Crippen LogP contribution in [0.15, 0.2) is 12.7 Å². The second-order valence-electron chi connectivity index (χ2n) is 4.52. The Kier molecular flexibility index (Phi) is 7.23. The summed E-state index contributed by atoms with van der Waals surface area (Å²) in [6, 6.07) is 2.13. The molecule has 0 aromatic carbocycles. The minimum absolute atomic E-state index is 0.0315. The van der Waals surface area contributed by atoms with Crippen LogP contribution in [0.25, 0.3) is 0 Å². The summed E-state index contributed by atoms with van der Waals surface area (Å²) in [6.07, 6.45) is 3.04. The van der Waals surface area contributed by atoms with E-state index in [0.29, 0.717) is 19.5 Å². The Bertz CT molecular complexity index is 266. The summed E-state index contributed by atoms with van der Waals surface area (Å²) >= 11 is 0. The van der Waals surface area contributed by atoms with Gasteiger partial charge in [0.25, 0.3) is 0 Å². The second-order valence-corrected chi connectivity index (χ2v) is 4.52. The number of carbonyl (C=O) groups is 1. The molecule has 90 valence electrons. The van der Waals surface area contributed by atoms with Gasteiger partial charge in [-0.25, -0.2) is 0 Å². The molecule has 0 saturated heterocycles. The van der Waals surface area contributed by atoms with Crippen LogP contribution >= 0.6 is 0 Å². The predicted molar refractivity (Wildman–Crippen MR) is 64.7 cm³/mol. The van der Waals surface area contributed by atoms with E-state index in [2.05, 4.69) is 37.1 Å². The van der Waals surface area contributed by atoms with E-state index in [1.165, 1.54) is 0 Å². The number of rotatable bonds is 8. The van der Waals surface area contributed by atoms with Crippen LogP contribution in [0.2, 0.25) is 0 Å². The SMILES string of the molecule is C=CCNC(=O)CNCC(C)(C)CCC#N. The molecular formula is C12H21N3O. The number of amides is 1. The molecule has 0 saturated carbocycles. The highest BCUT2D eigenvalue weighted by Gasteiger charge is 2.17. The molecule has 0 aromatic rings. The molecule has 0 atom stereocenters. The highest BCUT2D eigenvalue weighted by atomic mass is 16.1. The van der Waals surface area contributed by atoms with Gasteiger partial charge in [0, 0.05) is 19.5 Å². The van der Waals surface area contributed by atoms with E-state index >= 15 is 0 Å². The number of nitrogens with one attached hydrogen (secondary N) is 2. The Labute approximate surface area is 97.7 Å². The number of hydrogen-bond donors (Lipinski definition) is 2. The van der Waals surface area contributed by atoms with Crippen molar-refractivity contribution >= 4 is 5.91 Å². The first-order chi connectivity index (χ1) is 7.52. The lowest BCUT2D eigenvalue weighted by Crippen LogP contribution is -2.38. The predicted octanol–water partition coefficient (Wildman–Crippen LogP) is 1.21. The average Bonchev–Trinajstić information content (AvgIpc) is 2.23. The van der Waals surface area contributed by atoms with Crippen molar-refractivity contribution in [3.05, 3.63) is 12.7 Å². The van der Waals surface area contributed by atoms with Crippen molar-refractivity contribution in [2.24, 2.45) is 5.41 Å². The topological polar surface area (TPSA) is 64.9 Å². The quantitative estimate of drug-likeness (QED) is 0.608. The van der Waals surface area contributed by atoms with Crippen LogP contribution in [0.3, 0.4) is 0 Å². The minimum atomic E-state index is -0.0315. The summed E-state index contributed by atoms with van der Waals surface area (Å²) in [5.74, 6) is -0.0315. The molecule has 1 amide bonds. The smallest absolute Gasteiger partial charge is 0.234 e. The van der Waals surface area contributed by atoms with Crippen molar-refractivity contribution in [3.63, 3.8) is 0 Å². The number of nitrogens with zero attached hydrogens (tertiary/aromatic N) is 1. The highest BCUT2D eigenvalue weighted by molar-refractivity contribution is 5.78. The van der Waals surface area contributed by atoms with Gasteiger partial charge in [-0.3, -0.25) is 4.79 Å². The Hall–Kier alpha value is -1.34. The Morgan fingerprint density at radius 1 is 1.56 bits per heavy atom. The molecule has 0 radical (unpaired) electrons. The molecule has 0 fully saturated rings. The van der Waals surface area contributed by atoms with Crippen LogP contribution in [0.5, 0.6) is 0 Å². The summed E-state index contributed by atoms with van der Waals surface area (Å²) < 4.78 is 0. The molecule has 0 aliphatic carbocycles. The van der Waals surface area contributed by atoms with Gasteiger partial charge in [0.2, 0.25) is 5.91 Å². The van der Waals surface area contributed by atoms with Gasteiger partial charge in [-0.05, 0) is 11.8 Å². The van der Waals surface area contributed by atoms with Gasteiger partial charge in [-0.15, -0.1) is 6.58 Å². The first kappa shape index (κ1) is 14.7. The van der Waals surface area contributed by atoms with Crippen molar-refractivity contribution in [2.45, 2.75) is 26.7 Å². The molecule has 0 aliphatic heterocycles. The third-order valence-corrected chi connectivity index (χ3v) is 2.25. The van der Waals surface area contributed by atoms with E-state index in [4.69, 9.17) is 5.26 Å². The van der Waals surface area contributed by atoms with Crippen LogP contribution < -0.4 is 10.6 Å². The summed E-state index contributed by atoms with van der Waals surface area (Å²) in [7, 11) is 0.